The Morgan fingerprint density at radius 1 is 1.27 bits per heavy atom. The van der Waals surface area contributed by atoms with E-state index in [-0.39, 0.29) is 12.1 Å². The first-order valence-corrected chi connectivity index (χ1v) is 10.0. The normalized spacial score (nSPS) is 20.1. The predicted molar refractivity (Wildman–Crippen MR) is 111 cm³/mol. The molecule has 0 unspecified atom stereocenters. The van der Waals surface area contributed by atoms with Crippen LogP contribution in [0.4, 0.5) is 0 Å². The van der Waals surface area contributed by atoms with E-state index in [4.69, 9.17) is 12.2 Å². The molecule has 26 heavy (non-hydrogen) atoms. The Bertz CT molecular complexity index is 766. The summed E-state index contributed by atoms with van der Waals surface area (Å²) in [6, 6.07) is 9.16. The third-order valence-corrected chi connectivity index (χ3v) is 5.66. The summed E-state index contributed by atoms with van der Waals surface area (Å²) in [6.45, 7) is 12.1. The van der Waals surface area contributed by atoms with E-state index in [9.17, 15) is 0 Å². The Morgan fingerprint density at radius 3 is 2.62 bits per heavy atom. The number of hydrogen-bond donors (Lipinski definition) is 1. The van der Waals surface area contributed by atoms with Crippen molar-refractivity contribution < 1.29 is 0 Å². The lowest BCUT2D eigenvalue weighted by atomic mass is 9.96. The van der Waals surface area contributed by atoms with Crippen LogP contribution >= 0.6 is 12.2 Å². The lowest BCUT2D eigenvalue weighted by Crippen LogP contribution is -2.30. The van der Waals surface area contributed by atoms with E-state index in [0.29, 0.717) is 6.04 Å². The molecule has 5 heteroatoms. The van der Waals surface area contributed by atoms with Crippen LogP contribution in [0, 0.1) is 13.8 Å². The summed E-state index contributed by atoms with van der Waals surface area (Å²) in [5.74, 6) is 0. The number of rotatable bonds is 6. The summed E-state index contributed by atoms with van der Waals surface area (Å²) in [6.07, 6.45) is 4.16. The van der Waals surface area contributed by atoms with Crippen LogP contribution in [0.2, 0.25) is 0 Å². The third kappa shape index (κ3) is 3.37. The van der Waals surface area contributed by atoms with Crippen LogP contribution in [0.3, 0.4) is 0 Å². The zero-order chi connectivity index (χ0) is 18.8. The fourth-order valence-electron chi connectivity index (χ4n) is 4.21. The maximum Gasteiger partial charge on any atom is 0.170 e. The first-order chi connectivity index (χ1) is 12.5. The molecular formula is C21H30N4S. The fraction of sp³-hybridized carbons (Fsp3) is 0.524. The van der Waals surface area contributed by atoms with Gasteiger partial charge in [-0.25, -0.2) is 0 Å². The number of pyridine rings is 1. The van der Waals surface area contributed by atoms with Crippen molar-refractivity contribution >= 4 is 17.3 Å². The highest BCUT2D eigenvalue weighted by Crippen LogP contribution is 2.41. The number of thiocarbonyl (C=S) groups is 1. The number of nitrogens with zero attached hydrogens (tertiary/aromatic N) is 3. The van der Waals surface area contributed by atoms with Crippen LogP contribution < -0.4 is 5.32 Å². The largest absolute Gasteiger partial charge is 0.352 e. The molecule has 0 bridgehead atoms. The van der Waals surface area contributed by atoms with E-state index in [1.54, 1.807) is 0 Å². The van der Waals surface area contributed by atoms with Gasteiger partial charge in [-0.3, -0.25) is 4.98 Å². The van der Waals surface area contributed by atoms with E-state index in [1.807, 2.05) is 12.3 Å². The minimum Gasteiger partial charge on any atom is -0.352 e. The molecule has 1 aliphatic rings. The molecule has 140 valence electrons. The SMILES string of the molecule is CCCCN1C(=S)N[C@H](c2ccccn2)[C@@H]1c1cc(C)n(C(C)C)c1C. The second-order valence-corrected chi connectivity index (χ2v) is 7.85. The molecule has 1 saturated heterocycles. The van der Waals surface area contributed by atoms with Gasteiger partial charge in [0, 0.05) is 30.2 Å². The van der Waals surface area contributed by atoms with Crippen molar-refractivity contribution in [1.29, 1.82) is 0 Å². The Kier molecular flexibility index (Phi) is 5.66. The first-order valence-electron chi connectivity index (χ1n) is 9.62. The highest BCUT2D eigenvalue weighted by Gasteiger charge is 2.41. The van der Waals surface area contributed by atoms with Crippen molar-refractivity contribution in [2.24, 2.45) is 0 Å². The molecule has 0 saturated carbocycles. The molecule has 2 aromatic rings. The number of nitrogens with one attached hydrogen (secondary N) is 1. The lowest BCUT2D eigenvalue weighted by molar-refractivity contribution is 0.311. The van der Waals surface area contributed by atoms with E-state index in [0.717, 1.165) is 30.2 Å². The van der Waals surface area contributed by atoms with E-state index < -0.39 is 0 Å². The summed E-state index contributed by atoms with van der Waals surface area (Å²) in [5.41, 5.74) is 5.04. The van der Waals surface area contributed by atoms with Crippen molar-refractivity contribution in [3.8, 4) is 0 Å². The van der Waals surface area contributed by atoms with Gasteiger partial charge in [0.25, 0.3) is 0 Å². The van der Waals surface area contributed by atoms with Crippen LogP contribution in [0.15, 0.2) is 30.5 Å². The summed E-state index contributed by atoms with van der Waals surface area (Å²) in [4.78, 5) is 6.99. The van der Waals surface area contributed by atoms with Crippen molar-refractivity contribution in [1.82, 2.24) is 19.8 Å². The minimum absolute atomic E-state index is 0.0849. The highest BCUT2D eigenvalue weighted by molar-refractivity contribution is 7.80. The molecule has 3 rings (SSSR count). The molecule has 0 spiro atoms. The molecular weight excluding hydrogens is 340 g/mol. The average Bonchev–Trinajstić information content (AvgIpc) is 3.09. The second-order valence-electron chi connectivity index (χ2n) is 7.46. The van der Waals surface area contributed by atoms with Crippen LogP contribution in [0.1, 0.15) is 74.4 Å². The van der Waals surface area contributed by atoms with Crippen LogP contribution in [-0.4, -0.2) is 26.1 Å². The summed E-state index contributed by atoms with van der Waals surface area (Å²) in [7, 11) is 0. The molecule has 1 fully saturated rings. The molecule has 3 heterocycles. The first kappa shape index (κ1) is 18.9. The van der Waals surface area contributed by atoms with Gasteiger partial charge in [0.2, 0.25) is 0 Å². The number of unbranched alkanes of at least 4 members (excludes halogenated alkanes) is 1. The van der Waals surface area contributed by atoms with Gasteiger partial charge < -0.3 is 14.8 Å². The zero-order valence-corrected chi connectivity index (χ0v) is 17.3. The predicted octanol–water partition coefficient (Wildman–Crippen LogP) is 4.85. The van der Waals surface area contributed by atoms with Crippen LogP contribution in [0.25, 0.3) is 0 Å². The van der Waals surface area contributed by atoms with Crippen LogP contribution in [-0.2, 0) is 0 Å². The standard InChI is InChI=1S/C21H30N4S/c1-6-7-12-24-20(17-13-15(4)25(14(2)3)16(17)5)19(23-21(24)26)18-10-8-9-11-22-18/h8-11,13-14,19-20H,6-7,12H2,1-5H3,(H,23,26)/t19-,20+/m1/s1. The summed E-state index contributed by atoms with van der Waals surface area (Å²) < 4.78 is 2.42. The fourth-order valence-corrected chi connectivity index (χ4v) is 4.54. The van der Waals surface area contributed by atoms with Crippen molar-refractivity contribution in [3.05, 3.63) is 53.1 Å². The van der Waals surface area contributed by atoms with E-state index in [1.165, 1.54) is 17.0 Å². The van der Waals surface area contributed by atoms with Gasteiger partial charge in [-0.2, -0.15) is 0 Å². The highest BCUT2D eigenvalue weighted by atomic mass is 32.1. The molecule has 0 aliphatic carbocycles. The number of aryl methyl sites for hydroxylation is 1. The van der Waals surface area contributed by atoms with E-state index in [2.05, 4.69) is 72.6 Å². The van der Waals surface area contributed by atoms with Crippen LogP contribution in [0.5, 0.6) is 0 Å². The quantitative estimate of drug-likeness (QED) is 0.737. The Hall–Kier alpha value is -1.88. The molecule has 1 aliphatic heterocycles. The monoisotopic (exact) mass is 370 g/mol. The maximum atomic E-state index is 5.72. The van der Waals surface area contributed by atoms with Gasteiger partial charge in [0.05, 0.1) is 17.8 Å². The molecule has 0 radical (unpaired) electrons. The molecule has 2 aromatic heterocycles. The maximum absolute atomic E-state index is 5.72. The van der Waals surface area contributed by atoms with Gasteiger partial charge in [-0.15, -0.1) is 0 Å². The molecule has 0 aromatic carbocycles. The van der Waals surface area contributed by atoms with E-state index >= 15 is 0 Å². The van der Waals surface area contributed by atoms with Gasteiger partial charge >= 0.3 is 0 Å². The Morgan fingerprint density at radius 2 is 2.04 bits per heavy atom. The van der Waals surface area contributed by atoms with Crippen molar-refractivity contribution in [3.63, 3.8) is 0 Å². The Balaban J connectivity index is 2.08. The van der Waals surface area contributed by atoms with Gasteiger partial charge in [0.1, 0.15) is 0 Å². The molecule has 2 atom stereocenters. The second kappa shape index (κ2) is 7.78. The Labute approximate surface area is 162 Å². The van der Waals surface area contributed by atoms with Gasteiger partial charge in [0.15, 0.2) is 5.11 Å². The lowest BCUT2D eigenvalue weighted by Gasteiger charge is -2.28. The summed E-state index contributed by atoms with van der Waals surface area (Å²) >= 11 is 5.72. The zero-order valence-electron chi connectivity index (χ0n) is 16.5. The molecule has 4 nitrogen and oxygen atoms in total. The van der Waals surface area contributed by atoms with Crippen molar-refractivity contribution in [2.75, 3.05) is 6.54 Å². The molecule has 1 N–H and O–H groups in total. The topological polar surface area (TPSA) is 33.1 Å². The summed E-state index contributed by atoms with van der Waals surface area (Å²) in [5, 5.41) is 4.39. The average molecular weight is 371 g/mol. The van der Waals surface area contributed by atoms with Gasteiger partial charge in [-0.1, -0.05) is 19.4 Å². The number of hydrogen-bond acceptors (Lipinski definition) is 2. The van der Waals surface area contributed by atoms with Crippen molar-refractivity contribution in [2.45, 2.75) is 65.6 Å². The van der Waals surface area contributed by atoms with Gasteiger partial charge in [-0.05, 0) is 70.1 Å². The third-order valence-electron chi connectivity index (χ3n) is 5.31. The minimum atomic E-state index is 0.0849. The number of aromatic nitrogens is 2. The smallest absolute Gasteiger partial charge is 0.170 e. The molecule has 0 amide bonds.